The molecule has 0 amide bonds. The Balaban J connectivity index is 2.05. The van der Waals surface area contributed by atoms with Crippen molar-refractivity contribution in [3.63, 3.8) is 0 Å². The van der Waals surface area contributed by atoms with Crippen LogP contribution in [0.15, 0.2) is 28.5 Å². The minimum absolute atomic E-state index is 0.276. The molecule has 7 heteroatoms. The van der Waals surface area contributed by atoms with E-state index in [1.165, 1.54) is 22.1 Å². The zero-order chi connectivity index (χ0) is 13.6. The Kier molecular flexibility index (Phi) is 3.15. The predicted molar refractivity (Wildman–Crippen MR) is 69.1 cm³/mol. The minimum atomic E-state index is -1.24. The van der Waals surface area contributed by atoms with Gasteiger partial charge in [-0.15, -0.1) is 11.3 Å². The molecule has 1 aliphatic heterocycles. The fourth-order valence-corrected chi connectivity index (χ4v) is 3.11. The van der Waals surface area contributed by atoms with Crippen molar-refractivity contribution < 1.29 is 20.1 Å². The van der Waals surface area contributed by atoms with Crippen LogP contribution in [0.25, 0.3) is 10.1 Å². The van der Waals surface area contributed by atoms with Crippen molar-refractivity contribution in [1.82, 2.24) is 4.57 Å². The highest BCUT2D eigenvalue weighted by molar-refractivity contribution is 7.17. The number of ether oxygens (including phenoxy) is 1. The Labute approximate surface area is 112 Å². The molecule has 1 unspecified atom stereocenters. The molecular weight excluding hydrogens is 270 g/mol. The van der Waals surface area contributed by atoms with Crippen LogP contribution in [0.2, 0.25) is 0 Å². The lowest BCUT2D eigenvalue weighted by atomic mass is 10.1. The first-order valence-corrected chi connectivity index (χ1v) is 6.72. The summed E-state index contributed by atoms with van der Waals surface area (Å²) in [6, 6.07) is 3.59. The molecule has 2 aromatic heterocycles. The van der Waals surface area contributed by atoms with Gasteiger partial charge in [-0.3, -0.25) is 9.36 Å². The van der Waals surface area contributed by atoms with Gasteiger partial charge in [-0.05, 0) is 22.9 Å². The molecule has 0 bridgehead atoms. The molecule has 6 nitrogen and oxygen atoms in total. The molecule has 19 heavy (non-hydrogen) atoms. The van der Waals surface area contributed by atoms with Crippen LogP contribution in [0.1, 0.15) is 6.23 Å². The summed E-state index contributed by atoms with van der Waals surface area (Å²) in [6.07, 6.45) is -2.79. The van der Waals surface area contributed by atoms with Gasteiger partial charge < -0.3 is 20.1 Å². The van der Waals surface area contributed by atoms with E-state index in [4.69, 9.17) is 9.84 Å². The third kappa shape index (κ3) is 1.90. The second-order valence-corrected chi connectivity index (χ2v) is 5.38. The van der Waals surface area contributed by atoms with E-state index in [2.05, 4.69) is 0 Å². The van der Waals surface area contributed by atoms with Gasteiger partial charge in [0, 0.05) is 6.20 Å². The summed E-state index contributed by atoms with van der Waals surface area (Å²) in [6.45, 7) is -0.412. The first-order valence-electron chi connectivity index (χ1n) is 5.84. The highest BCUT2D eigenvalue weighted by Gasteiger charge is 2.43. The molecule has 0 spiro atoms. The molecule has 0 aliphatic carbocycles. The molecule has 0 aromatic carbocycles. The van der Waals surface area contributed by atoms with Gasteiger partial charge in [0.15, 0.2) is 6.23 Å². The molecular formula is C12H13NO5S. The largest absolute Gasteiger partial charge is 0.394 e. The van der Waals surface area contributed by atoms with Crippen molar-refractivity contribution in [2.75, 3.05) is 6.61 Å². The van der Waals surface area contributed by atoms with Gasteiger partial charge >= 0.3 is 0 Å². The third-order valence-corrected chi connectivity index (χ3v) is 4.25. The topological polar surface area (TPSA) is 91.9 Å². The Morgan fingerprint density at radius 2 is 2.11 bits per heavy atom. The molecule has 4 atom stereocenters. The quantitative estimate of drug-likeness (QED) is 0.702. The van der Waals surface area contributed by atoms with Crippen molar-refractivity contribution in [2.45, 2.75) is 24.5 Å². The van der Waals surface area contributed by atoms with Crippen LogP contribution >= 0.6 is 11.3 Å². The van der Waals surface area contributed by atoms with Gasteiger partial charge in [0.1, 0.15) is 18.3 Å². The van der Waals surface area contributed by atoms with E-state index in [1.807, 2.05) is 11.4 Å². The van der Waals surface area contributed by atoms with E-state index in [9.17, 15) is 15.0 Å². The van der Waals surface area contributed by atoms with E-state index in [0.29, 0.717) is 4.70 Å². The maximum atomic E-state index is 12.3. The van der Waals surface area contributed by atoms with Crippen molar-refractivity contribution >= 4 is 21.4 Å². The maximum absolute atomic E-state index is 12.3. The number of hydrogen-bond donors (Lipinski definition) is 3. The third-order valence-electron chi connectivity index (χ3n) is 3.33. The summed E-state index contributed by atoms with van der Waals surface area (Å²) in [4.78, 5) is 12.3. The average Bonchev–Trinajstić information content (AvgIpc) is 2.98. The van der Waals surface area contributed by atoms with E-state index >= 15 is 0 Å². The summed E-state index contributed by atoms with van der Waals surface area (Å²) in [5.74, 6) is 0. The van der Waals surface area contributed by atoms with Crippen LogP contribution in [-0.4, -0.2) is 44.8 Å². The van der Waals surface area contributed by atoms with Crippen LogP contribution in [-0.2, 0) is 4.74 Å². The molecule has 3 rings (SSSR count). The number of aliphatic hydroxyl groups excluding tert-OH is 3. The van der Waals surface area contributed by atoms with Crippen molar-refractivity contribution in [3.05, 3.63) is 34.1 Å². The molecule has 0 saturated carbocycles. The fraction of sp³-hybridized carbons (Fsp3) is 0.417. The lowest BCUT2D eigenvalue weighted by Gasteiger charge is -2.17. The fourth-order valence-electron chi connectivity index (χ4n) is 2.28. The molecule has 0 radical (unpaired) electrons. The van der Waals surface area contributed by atoms with Gasteiger partial charge in [-0.25, -0.2) is 0 Å². The van der Waals surface area contributed by atoms with Gasteiger partial charge in [-0.2, -0.15) is 0 Å². The number of aliphatic hydroxyl groups is 3. The van der Waals surface area contributed by atoms with Gasteiger partial charge in [-0.1, -0.05) is 0 Å². The highest BCUT2D eigenvalue weighted by atomic mass is 32.1. The average molecular weight is 283 g/mol. The lowest BCUT2D eigenvalue weighted by molar-refractivity contribution is -0.0541. The number of fused-ring (bicyclic) bond motifs is 1. The smallest absolute Gasteiger partial charge is 0.270 e. The van der Waals surface area contributed by atoms with Crippen molar-refractivity contribution in [2.24, 2.45) is 0 Å². The summed E-state index contributed by atoms with van der Waals surface area (Å²) in [5.41, 5.74) is -0.276. The highest BCUT2D eigenvalue weighted by Crippen LogP contribution is 2.29. The number of aromatic nitrogens is 1. The number of nitrogens with zero attached hydrogens (tertiary/aromatic N) is 1. The first-order chi connectivity index (χ1) is 9.13. The van der Waals surface area contributed by atoms with Gasteiger partial charge in [0.05, 0.1) is 11.3 Å². The summed E-state index contributed by atoms with van der Waals surface area (Å²) < 4.78 is 7.17. The lowest BCUT2D eigenvalue weighted by Crippen LogP contribution is -2.35. The van der Waals surface area contributed by atoms with Gasteiger partial charge in [0.2, 0.25) is 0 Å². The predicted octanol–water partition coefficient (Wildman–Crippen LogP) is -0.326. The number of thiophene rings is 1. The van der Waals surface area contributed by atoms with Crippen molar-refractivity contribution in [3.8, 4) is 0 Å². The summed E-state index contributed by atoms with van der Waals surface area (Å²) in [5, 5.41) is 31.3. The summed E-state index contributed by atoms with van der Waals surface area (Å²) >= 11 is 1.31. The zero-order valence-electron chi connectivity index (χ0n) is 9.84. The standard InChI is InChI=1S/C12H13NO5S/c14-5-7-8(15)9(16)12(18-7)13-3-1-6-2-4-19-10(6)11(13)17/h1-4,7-9,12,14-16H,5H2/t7-,8-,9-,12?/m1/s1. The second-order valence-electron chi connectivity index (χ2n) is 4.46. The second kappa shape index (κ2) is 4.69. The number of hydrogen-bond acceptors (Lipinski definition) is 6. The Morgan fingerprint density at radius 1 is 1.32 bits per heavy atom. The summed E-state index contributed by atoms with van der Waals surface area (Å²) in [7, 11) is 0. The molecule has 3 heterocycles. The Hall–Kier alpha value is -1.25. The van der Waals surface area contributed by atoms with Crippen LogP contribution in [0, 0.1) is 0 Å². The molecule has 102 valence electrons. The Morgan fingerprint density at radius 3 is 2.79 bits per heavy atom. The first kappa shape index (κ1) is 12.8. The molecule has 1 fully saturated rings. The van der Waals surface area contributed by atoms with Gasteiger partial charge in [0.25, 0.3) is 5.56 Å². The van der Waals surface area contributed by atoms with Crippen LogP contribution in [0.4, 0.5) is 0 Å². The molecule has 3 N–H and O–H groups in total. The van der Waals surface area contributed by atoms with Crippen LogP contribution < -0.4 is 5.56 Å². The molecule has 2 aromatic rings. The maximum Gasteiger partial charge on any atom is 0.270 e. The zero-order valence-corrected chi connectivity index (χ0v) is 10.7. The van der Waals surface area contributed by atoms with E-state index in [0.717, 1.165) is 5.39 Å². The SMILES string of the molecule is O=c1c2sccc2ccn1C1O[C@H](CO)[C@@H](O)[C@H]1O. The van der Waals surface area contributed by atoms with E-state index in [-0.39, 0.29) is 5.56 Å². The van der Waals surface area contributed by atoms with Crippen LogP contribution in [0.3, 0.4) is 0 Å². The number of pyridine rings is 1. The van der Waals surface area contributed by atoms with E-state index in [1.54, 1.807) is 6.07 Å². The number of rotatable bonds is 2. The van der Waals surface area contributed by atoms with E-state index < -0.39 is 31.1 Å². The Bertz CT molecular complexity index is 651. The van der Waals surface area contributed by atoms with Crippen molar-refractivity contribution in [1.29, 1.82) is 0 Å². The molecule has 1 saturated heterocycles. The molecule has 1 aliphatic rings. The van der Waals surface area contributed by atoms with Crippen LogP contribution in [0.5, 0.6) is 0 Å². The normalized spacial score (nSPS) is 31.1. The monoisotopic (exact) mass is 283 g/mol. The minimum Gasteiger partial charge on any atom is -0.394 e.